The molecule has 0 radical (unpaired) electrons. The van der Waals surface area contributed by atoms with Crippen LogP contribution < -0.4 is 5.32 Å². The second-order valence-corrected chi connectivity index (χ2v) is 4.85. The lowest BCUT2D eigenvalue weighted by Crippen LogP contribution is -2.26. The summed E-state index contributed by atoms with van der Waals surface area (Å²) in [4.78, 5) is 0. The first-order valence-electron chi connectivity index (χ1n) is 5.42. The van der Waals surface area contributed by atoms with E-state index in [0.29, 0.717) is 6.04 Å². The highest BCUT2D eigenvalue weighted by molar-refractivity contribution is 7.09. The molecule has 2 rings (SSSR count). The molecular weight excluding hydrogens is 194 g/mol. The second-order valence-electron chi connectivity index (χ2n) is 4.06. The first kappa shape index (κ1) is 9.90. The summed E-state index contributed by atoms with van der Waals surface area (Å²) in [5.41, 5.74) is 0. The van der Waals surface area contributed by atoms with Gasteiger partial charge in [0.1, 0.15) is 5.00 Å². The van der Waals surface area contributed by atoms with Crippen LogP contribution in [0.3, 0.4) is 0 Å². The molecule has 1 N–H and O–H groups in total. The monoisotopic (exact) mass is 211 g/mol. The summed E-state index contributed by atoms with van der Waals surface area (Å²) in [6.07, 6.45) is 8.53. The Morgan fingerprint density at radius 1 is 1.57 bits per heavy atom. The molecule has 1 aromatic rings. The average molecular weight is 211 g/mol. The van der Waals surface area contributed by atoms with Gasteiger partial charge in [-0.3, -0.25) is 0 Å². The normalized spacial score (nSPS) is 27.5. The summed E-state index contributed by atoms with van der Waals surface area (Å²) < 4.78 is 3.86. The maximum absolute atomic E-state index is 3.86. The van der Waals surface area contributed by atoms with Gasteiger partial charge >= 0.3 is 0 Å². The van der Waals surface area contributed by atoms with E-state index in [9.17, 15) is 0 Å². The van der Waals surface area contributed by atoms with Gasteiger partial charge in [0.25, 0.3) is 0 Å². The summed E-state index contributed by atoms with van der Waals surface area (Å²) >= 11 is 1.45. The first-order chi connectivity index (χ1) is 6.88. The van der Waals surface area contributed by atoms with Crippen LogP contribution in [0.1, 0.15) is 39.0 Å². The minimum Gasteiger partial charge on any atom is -0.372 e. The summed E-state index contributed by atoms with van der Waals surface area (Å²) in [7, 11) is 0. The van der Waals surface area contributed by atoms with E-state index in [2.05, 4.69) is 21.8 Å². The minimum absolute atomic E-state index is 0.649. The molecule has 1 heterocycles. The van der Waals surface area contributed by atoms with Gasteiger partial charge in [0.15, 0.2) is 0 Å². The van der Waals surface area contributed by atoms with E-state index in [4.69, 9.17) is 0 Å². The Kier molecular flexibility index (Phi) is 3.35. The topological polar surface area (TPSA) is 37.8 Å². The molecule has 1 fully saturated rings. The van der Waals surface area contributed by atoms with Crippen molar-refractivity contribution in [3.8, 4) is 0 Å². The molecule has 4 heteroatoms. The predicted octanol–water partition coefficient (Wildman–Crippen LogP) is 2.92. The fraction of sp³-hybridized carbons (Fsp3) is 0.800. The lowest BCUT2D eigenvalue weighted by molar-refractivity contribution is 0.327. The van der Waals surface area contributed by atoms with Crippen molar-refractivity contribution in [2.45, 2.75) is 45.1 Å². The Bertz CT molecular complexity index is 260. The third-order valence-corrected chi connectivity index (χ3v) is 3.66. The third-order valence-electron chi connectivity index (χ3n) is 3.07. The van der Waals surface area contributed by atoms with Crippen LogP contribution in [0.4, 0.5) is 5.00 Å². The van der Waals surface area contributed by atoms with E-state index in [0.717, 1.165) is 10.9 Å². The molecule has 78 valence electrons. The van der Waals surface area contributed by atoms with Crippen molar-refractivity contribution in [3.05, 3.63) is 6.20 Å². The molecule has 0 saturated heterocycles. The number of nitrogens with one attached hydrogen (secondary N) is 1. The zero-order valence-electron chi connectivity index (χ0n) is 8.57. The molecule has 2 atom stereocenters. The molecule has 0 aromatic carbocycles. The van der Waals surface area contributed by atoms with Gasteiger partial charge in [0, 0.05) is 17.6 Å². The van der Waals surface area contributed by atoms with Gasteiger partial charge in [-0.25, -0.2) is 0 Å². The van der Waals surface area contributed by atoms with E-state index in [1.54, 1.807) is 0 Å². The van der Waals surface area contributed by atoms with E-state index in [1.807, 2.05) is 6.20 Å². The third kappa shape index (κ3) is 2.44. The van der Waals surface area contributed by atoms with Crippen LogP contribution in [0.15, 0.2) is 6.20 Å². The molecule has 0 amide bonds. The van der Waals surface area contributed by atoms with E-state index >= 15 is 0 Å². The minimum atomic E-state index is 0.649. The van der Waals surface area contributed by atoms with Crippen molar-refractivity contribution < 1.29 is 0 Å². The average Bonchev–Trinajstić information content (AvgIpc) is 2.71. The molecule has 14 heavy (non-hydrogen) atoms. The Balaban J connectivity index is 1.86. The Labute approximate surface area is 89.1 Å². The Hall–Kier alpha value is -0.640. The molecule has 2 unspecified atom stereocenters. The molecule has 1 aliphatic rings. The number of hydrogen-bond acceptors (Lipinski definition) is 4. The lowest BCUT2D eigenvalue weighted by Gasteiger charge is -2.28. The zero-order valence-corrected chi connectivity index (χ0v) is 9.39. The van der Waals surface area contributed by atoms with Crippen molar-refractivity contribution in [2.24, 2.45) is 5.92 Å². The van der Waals surface area contributed by atoms with E-state index in [1.165, 1.54) is 43.6 Å². The number of hydrogen-bond donors (Lipinski definition) is 1. The van der Waals surface area contributed by atoms with Crippen LogP contribution in [-0.4, -0.2) is 15.6 Å². The van der Waals surface area contributed by atoms with Crippen LogP contribution in [0.25, 0.3) is 0 Å². The van der Waals surface area contributed by atoms with Crippen molar-refractivity contribution in [2.75, 3.05) is 5.32 Å². The van der Waals surface area contributed by atoms with Gasteiger partial charge in [0.05, 0.1) is 6.20 Å². The summed E-state index contributed by atoms with van der Waals surface area (Å²) in [6.45, 7) is 2.29. The van der Waals surface area contributed by atoms with Gasteiger partial charge in [-0.2, -0.15) is 0 Å². The van der Waals surface area contributed by atoms with Crippen LogP contribution in [0.5, 0.6) is 0 Å². The SMILES string of the molecule is CCC1CCCC(Nc2cnns2)C1. The molecule has 0 spiro atoms. The molecule has 1 aliphatic carbocycles. The van der Waals surface area contributed by atoms with Crippen molar-refractivity contribution in [3.63, 3.8) is 0 Å². The molecule has 0 bridgehead atoms. The van der Waals surface area contributed by atoms with Gasteiger partial charge in [-0.1, -0.05) is 30.7 Å². The highest BCUT2D eigenvalue weighted by atomic mass is 32.1. The quantitative estimate of drug-likeness (QED) is 0.835. The largest absolute Gasteiger partial charge is 0.372 e. The number of nitrogens with zero attached hydrogens (tertiary/aromatic N) is 2. The molecule has 3 nitrogen and oxygen atoms in total. The van der Waals surface area contributed by atoms with Crippen LogP contribution in [-0.2, 0) is 0 Å². The van der Waals surface area contributed by atoms with Crippen molar-refractivity contribution in [1.82, 2.24) is 9.59 Å². The maximum Gasteiger partial charge on any atom is 0.130 e. The first-order valence-corrected chi connectivity index (χ1v) is 6.19. The Morgan fingerprint density at radius 2 is 2.50 bits per heavy atom. The standard InChI is InChI=1S/C10H17N3S/c1-2-8-4-3-5-9(6-8)12-10-7-11-13-14-10/h7-9,12H,2-6H2,1H3. The summed E-state index contributed by atoms with van der Waals surface area (Å²) in [5.74, 6) is 0.919. The van der Waals surface area contributed by atoms with Gasteiger partial charge in [0.2, 0.25) is 0 Å². The smallest absolute Gasteiger partial charge is 0.130 e. The highest BCUT2D eigenvalue weighted by Gasteiger charge is 2.20. The number of anilines is 1. The van der Waals surface area contributed by atoms with Crippen LogP contribution >= 0.6 is 11.5 Å². The van der Waals surface area contributed by atoms with Gasteiger partial charge < -0.3 is 5.32 Å². The zero-order chi connectivity index (χ0) is 9.80. The molecular formula is C10H17N3S. The second kappa shape index (κ2) is 4.73. The lowest BCUT2D eigenvalue weighted by atomic mass is 9.84. The van der Waals surface area contributed by atoms with Crippen LogP contribution in [0, 0.1) is 5.92 Å². The van der Waals surface area contributed by atoms with Gasteiger partial charge in [-0.05, 0) is 18.8 Å². The maximum atomic E-state index is 3.86. The van der Waals surface area contributed by atoms with Gasteiger partial charge in [-0.15, -0.1) is 5.10 Å². The summed E-state index contributed by atoms with van der Waals surface area (Å²) in [6, 6.07) is 0.649. The Morgan fingerprint density at radius 3 is 3.21 bits per heavy atom. The molecule has 0 aliphatic heterocycles. The van der Waals surface area contributed by atoms with E-state index in [-0.39, 0.29) is 0 Å². The number of rotatable bonds is 3. The number of aromatic nitrogens is 2. The molecule has 1 saturated carbocycles. The highest BCUT2D eigenvalue weighted by Crippen LogP contribution is 2.28. The summed E-state index contributed by atoms with van der Waals surface area (Å²) in [5, 5.41) is 8.47. The van der Waals surface area contributed by atoms with Crippen molar-refractivity contribution >= 4 is 16.5 Å². The van der Waals surface area contributed by atoms with Crippen LogP contribution in [0.2, 0.25) is 0 Å². The van der Waals surface area contributed by atoms with E-state index < -0.39 is 0 Å². The molecule has 1 aromatic heterocycles. The fourth-order valence-corrected chi connectivity index (χ4v) is 2.72. The predicted molar refractivity (Wildman–Crippen MR) is 59.6 cm³/mol. The fourth-order valence-electron chi connectivity index (χ4n) is 2.22. The van der Waals surface area contributed by atoms with Crippen molar-refractivity contribution in [1.29, 1.82) is 0 Å².